The molecule has 48 heavy (non-hydrogen) atoms. The predicted molar refractivity (Wildman–Crippen MR) is 206 cm³/mol. The molecule has 0 heterocycles. The van der Waals surface area contributed by atoms with E-state index in [9.17, 15) is 9.59 Å². The van der Waals surface area contributed by atoms with Gasteiger partial charge in [0, 0.05) is 30.8 Å². The second kappa shape index (κ2) is 20.5. The molecule has 0 aromatic heterocycles. The van der Waals surface area contributed by atoms with E-state index in [2.05, 4.69) is 45.7 Å². The number of halogens is 2. The summed E-state index contributed by atoms with van der Waals surface area (Å²) in [4.78, 5) is 27.6. The minimum absolute atomic E-state index is 0.0143. The molecule has 0 bridgehead atoms. The number of hydrogen-bond donors (Lipinski definition) is 0. The van der Waals surface area contributed by atoms with Crippen molar-refractivity contribution in [3.8, 4) is 11.5 Å². The van der Waals surface area contributed by atoms with Crippen LogP contribution in [0.2, 0.25) is 0 Å². The zero-order valence-corrected chi connectivity index (χ0v) is 31.7. The third kappa shape index (κ3) is 11.6. The number of carbonyl (C=O) groups is 2. The number of Topliss-reactive ketones (excluding diaryl/α,β-unsaturated/α-hetero) is 2. The van der Waals surface area contributed by atoms with Crippen molar-refractivity contribution in [2.24, 2.45) is 0 Å². The molecule has 0 aliphatic rings. The first-order valence-electron chi connectivity index (χ1n) is 17.9. The summed E-state index contributed by atoms with van der Waals surface area (Å²) in [6.07, 6.45) is 13.8. The molecule has 0 spiro atoms. The van der Waals surface area contributed by atoms with Gasteiger partial charge < -0.3 is 9.47 Å². The van der Waals surface area contributed by atoms with Crippen LogP contribution in [0.15, 0.2) is 93.9 Å². The normalized spacial score (nSPS) is 12.5. The molecule has 0 saturated heterocycles. The molecule has 0 aliphatic heterocycles. The average molecular weight is 779 g/mol. The van der Waals surface area contributed by atoms with Crippen LogP contribution in [0.3, 0.4) is 0 Å². The monoisotopic (exact) mass is 776 g/mol. The largest absolute Gasteiger partial charge is 0.482 e. The van der Waals surface area contributed by atoms with Crippen LogP contribution in [0.25, 0.3) is 10.8 Å². The van der Waals surface area contributed by atoms with Crippen molar-refractivity contribution < 1.29 is 19.1 Å². The Morgan fingerprint density at radius 2 is 0.854 bits per heavy atom. The first-order valence-corrected chi connectivity index (χ1v) is 19.4. The lowest BCUT2D eigenvalue weighted by Crippen LogP contribution is -2.28. The van der Waals surface area contributed by atoms with Crippen molar-refractivity contribution in [1.29, 1.82) is 0 Å². The van der Waals surface area contributed by atoms with Gasteiger partial charge in [-0.05, 0) is 62.1 Å². The van der Waals surface area contributed by atoms with Crippen molar-refractivity contribution in [2.75, 3.05) is 0 Å². The molecule has 6 heteroatoms. The van der Waals surface area contributed by atoms with E-state index in [1.165, 1.54) is 51.4 Å². The van der Waals surface area contributed by atoms with Crippen LogP contribution in [0.5, 0.6) is 11.5 Å². The maximum absolute atomic E-state index is 13.8. The zero-order chi connectivity index (χ0) is 34.1. The van der Waals surface area contributed by atoms with Gasteiger partial charge in [-0.25, -0.2) is 0 Å². The van der Waals surface area contributed by atoms with Crippen LogP contribution >= 0.6 is 31.9 Å². The van der Waals surface area contributed by atoms with Gasteiger partial charge in [0.1, 0.15) is 11.5 Å². The molecule has 0 saturated carbocycles. The number of ether oxygens (including phenoxy) is 2. The lowest BCUT2D eigenvalue weighted by atomic mass is 9.99. The maximum Gasteiger partial charge on any atom is 0.203 e. The molecule has 4 rings (SSSR count). The molecule has 4 aromatic carbocycles. The van der Waals surface area contributed by atoms with Gasteiger partial charge in [-0.1, -0.05) is 158 Å². The molecule has 0 aliphatic carbocycles. The summed E-state index contributed by atoms with van der Waals surface area (Å²) in [6, 6.07) is 26.7. The SMILES string of the molecule is CCCCCCCCC(Oc1cccc2c(OC(CCCCCCCC)C(=O)c3ccc(Br)cc3)cccc12)C(=O)c1ccc(Br)cc1. The van der Waals surface area contributed by atoms with E-state index in [4.69, 9.17) is 9.47 Å². The van der Waals surface area contributed by atoms with Crippen LogP contribution in [0, 0.1) is 0 Å². The second-order valence-electron chi connectivity index (χ2n) is 12.7. The number of hydrogen-bond acceptors (Lipinski definition) is 4. The van der Waals surface area contributed by atoms with E-state index in [1.807, 2.05) is 84.9 Å². The van der Waals surface area contributed by atoms with Crippen LogP contribution in [0.1, 0.15) is 124 Å². The minimum Gasteiger partial charge on any atom is -0.482 e. The van der Waals surface area contributed by atoms with Crippen molar-refractivity contribution in [3.63, 3.8) is 0 Å². The highest BCUT2D eigenvalue weighted by Crippen LogP contribution is 2.35. The summed E-state index contributed by atoms with van der Waals surface area (Å²) >= 11 is 6.96. The highest BCUT2D eigenvalue weighted by Gasteiger charge is 2.25. The number of rotatable bonds is 22. The topological polar surface area (TPSA) is 52.6 Å². The molecule has 4 nitrogen and oxygen atoms in total. The Morgan fingerprint density at radius 1 is 0.500 bits per heavy atom. The Balaban J connectivity index is 1.57. The van der Waals surface area contributed by atoms with Gasteiger partial charge in [-0.2, -0.15) is 0 Å². The third-order valence-corrected chi connectivity index (χ3v) is 9.92. The number of ketones is 2. The minimum atomic E-state index is -0.605. The van der Waals surface area contributed by atoms with Gasteiger partial charge in [0.05, 0.1) is 0 Å². The standard InChI is InChI=1S/C42H50Br2O4/c1-3-5-7-9-11-13-19-39(41(45)31-23-27-33(43)28-24-31)47-37-21-15-18-36-35(37)17-16-22-38(36)48-40(20-14-12-10-8-6-4-2)42(46)32-25-29-34(44)30-26-32/h15-18,21-30,39-40H,3-14,19-20H2,1-2H3. The molecule has 256 valence electrons. The van der Waals surface area contributed by atoms with Gasteiger partial charge in [-0.3, -0.25) is 9.59 Å². The van der Waals surface area contributed by atoms with Crippen molar-refractivity contribution >= 4 is 54.2 Å². The lowest BCUT2D eigenvalue weighted by Gasteiger charge is -2.22. The van der Waals surface area contributed by atoms with Gasteiger partial charge in [0.2, 0.25) is 11.6 Å². The fourth-order valence-corrected chi connectivity index (χ4v) is 6.60. The Bertz CT molecular complexity index is 1450. The number of fused-ring (bicyclic) bond motifs is 1. The number of carbonyl (C=O) groups excluding carboxylic acids is 2. The Labute approximate surface area is 304 Å². The van der Waals surface area contributed by atoms with Crippen molar-refractivity contribution in [3.05, 3.63) is 105 Å². The first kappa shape index (κ1) is 37.9. The Kier molecular flexibility index (Phi) is 16.2. The number of benzene rings is 4. The fourth-order valence-electron chi connectivity index (χ4n) is 6.07. The molecule has 0 radical (unpaired) electrons. The second-order valence-corrected chi connectivity index (χ2v) is 14.5. The Morgan fingerprint density at radius 3 is 1.23 bits per heavy atom. The van der Waals surface area contributed by atoms with E-state index in [-0.39, 0.29) is 11.6 Å². The van der Waals surface area contributed by atoms with E-state index in [1.54, 1.807) is 0 Å². The molecule has 2 atom stereocenters. The summed E-state index contributed by atoms with van der Waals surface area (Å²) in [5.41, 5.74) is 1.28. The first-order chi connectivity index (χ1) is 23.4. The Hall–Kier alpha value is -2.96. The van der Waals surface area contributed by atoms with Crippen LogP contribution in [-0.4, -0.2) is 23.8 Å². The lowest BCUT2D eigenvalue weighted by molar-refractivity contribution is 0.0769. The van der Waals surface area contributed by atoms with Crippen LogP contribution in [-0.2, 0) is 0 Å². The van der Waals surface area contributed by atoms with Gasteiger partial charge in [-0.15, -0.1) is 0 Å². The summed E-state index contributed by atoms with van der Waals surface area (Å²) in [7, 11) is 0. The zero-order valence-electron chi connectivity index (χ0n) is 28.5. The maximum atomic E-state index is 13.8. The van der Waals surface area contributed by atoms with E-state index in [0.717, 1.165) is 45.4 Å². The third-order valence-electron chi connectivity index (χ3n) is 8.86. The van der Waals surface area contributed by atoms with Gasteiger partial charge >= 0.3 is 0 Å². The highest BCUT2D eigenvalue weighted by molar-refractivity contribution is 9.10. The molecule has 0 fully saturated rings. The highest BCUT2D eigenvalue weighted by atomic mass is 79.9. The smallest absolute Gasteiger partial charge is 0.203 e. The van der Waals surface area contributed by atoms with E-state index < -0.39 is 12.2 Å². The molecular weight excluding hydrogens is 728 g/mol. The van der Waals surface area contributed by atoms with Crippen LogP contribution in [0.4, 0.5) is 0 Å². The molecule has 0 N–H and O–H groups in total. The summed E-state index contributed by atoms with van der Waals surface area (Å²) in [6.45, 7) is 4.44. The van der Waals surface area contributed by atoms with Gasteiger partial charge in [0.15, 0.2) is 12.2 Å². The van der Waals surface area contributed by atoms with Crippen molar-refractivity contribution in [1.82, 2.24) is 0 Å². The fraction of sp³-hybridized carbons (Fsp3) is 0.429. The van der Waals surface area contributed by atoms with Gasteiger partial charge in [0.25, 0.3) is 0 Å². The molecule has 2 unspecified atom stereocenters. The quantitative estimate of drug-likeness (QED) is 0.0589. The molecular formula is C42H50Br2O4. The van der Waals surface area contributed by atoms with Crippen molar-refractivity contribution in [2.45, 2.75) is 116 Å². The van der Waals surface area contributed by atoms with Crippen LogP contribution < -0.4 is 9.47 Å². The molecule has 0 amide bonds. The van der Waals surface area contributed by atoms with E-state index in [0.29, 0.717) is 35.5 Å². The summed E-state index contributed by atoms with van der Waals surface area (Å²) in [5, 5.41) is 1.72. The predicted octanol–water partition coefficient (Wildman–Crippen LogP) is 13.1. The molecule has 4 aromatic rings. The summed E-state index contributed by atoms with van der Waals surface area (Å²) < 4.78 is 15.1. The average Bonchev–Trinajstić information content (AvgIpc) is 3.10. The summed E-state index contributed by atoms with van der Waals surface area (Å²) in [5.74, 6) is 1.26. The van der Waals surface area contributed by atoms with E-state index >= 15 is 0 Å². The number of unbranched alkanes of at least 4 members (excludes halogenated alkanes) is 10.